The average Bonchev–Trinajstić information content (AvgIpc) is 3.33. The third-order valence-corrected chi connectivity index (χ3v) is 3.72. The van der Waals surface area contributed by atoms with E-state index in [4.69, 9.17) is 4.74 Å². The number of nitrogens with one attached hydrogen (secondary N) is 2. The molecule has 0 saturated heterocycles. The number of aryl methyl sites for hydroxylation is 1. The van der Waals surface area contributed by atoms with E-state index >= 15 is 0 Å². The lowest BCUT2D eigenvalue weighted by molar-refractivity contribution is -0.144. The minimum Gasteiger partial charge on any atom is -0.465 e. The SMILES string of the molecule is CCOC(=O)CN(CC(=O)NC(=O)NC1CC1)Cc1ccc(C)cc1. The number of carbonyl (C=O) groups excluding carboxylic acids is 3. The number of esters is 1. The molecule has 0 spiro atoms. The summed E-state index contributed by atoms with van der Waals surface area (Å²) >= 11 is 0. The van der Waals surface area contributed by atoms with Crippen molar-refractivity contribution in [2.75, 3.05) is 19.7 Å². The van der Waals surface area contributed by atoms with Gasteiger partial charge in [0.1, 0.15) is 0 Å². The van der Waals surface area contributed by atoms with Crippen LogP contribution in [0.1, 0.15) is 30.9 Å². The molecule has 1 fully saturated rings. The minimum atomic E-state index is -0.487. The zero-order chi connectivity index (χ0) is 18.2. The largest absolute Gasteiger partial charge is 0.465 e. The number of benzene rings is 1. The van der Waals surface area contributed by atoms with Gasteiger partial charge in [0, 0.05) is 12.6 Å². The van der Waals surface area contributed by atoms with Crippen molar-refractivity contribution in [2.45, 2.75) is 39.3 Å². The standard InChI is InChI=1S/C18H25N3O4/c1-3-25-17(23)12-21(10-14-6-4-13(2)5-7-14)11-16(22)20-18(24)19-15-8-9-15/h4-7,15H,3,8-12H2,1-2H3,(H2,19,20,22,24). The monoisotopic (exact) mass is 347 g/mol. The molecule has 0 aliphatic heterocycles. The molecule has 1 saturated carbocycles. The predicted octanol–water partition coefficient (Wildman–Crippen LogP) is 1.35. The van der Waals surface area contributed by atoms with E-state index in [-0.39, 0.29) is 25.7 Å². The van der Waals surface area contributed by atoms with Gasteiger partial charge in [-0.25, -0.2) is 4.79 Å². The second-order valence-electron chi connectivity index (χ2n) is 6.23. The van der Waals surface area contributed by atoms with Crippen LogP contribution in [0.3, 0.4) is 0 Å². The summed E-state index contributed by atoms with van der Waals surface area (Å²) in [6.45, 7) is 4.34. The van der Waals surface area contributed by atoms with Crippen LogP contribution in [-0.2, 0) is 20.9 Å². The van der Waals surface area contributed by atoms with Crippen molar-refractivity contribution < 1.29 is 19.1 Å². The van der Waals surface area contributed by atoms with Crippen molar-refractivity contribution in [3.05, 3.63) is 35.4 Å². The molecule has 0 bridgehead atoms. The fraction of sp³-hybridized carbons (Fsp3) is 0.500. The molecule has 0 radical (unpaired) electrons. The third kappa shape index (κ3) is 7.34. The molecule has 25 heavy (non-hydrogen) atoms. The van der Waals surface area contributed by atoms with Gasteiger partial charge in [0.25, 0.3) is 0 Å². The van der Waals surface area contributed by atoms with Gasteiger partial charge in [0.2, 0.25) is 5.91 Å². The highest BCUT2D eigenvalue weighted by molar-refractivity contribution is 5.95. The summed E-state index contributed by atoms with van der Waals surface area (Å²) in [5.74, 6) is -0.848. The van der Waals surface area contributed by atoms with Crippen LogP contribution in [0.25, 0.3) is 0 Å². The molecule has 2 N–H and O–H groups in total. The number of urea groups is 1. The van der Waals surface area contributed by atoms with E-state index in [0.717, 1.165) is 24.0 Å². The molecule has 1 aliphatic rings. The second-order valence-corrected chi connectivity index (χ2v) is 6.23. The molecule has 1 aromatic carbocycles. The molecule has 0 aromatic heterocycles. The Morgan fingerprint density at radius 2 is 1.84 bits per heavy atom. The van der Waals surface area contributed by atoms with Crippen LogP contribution in [0.5, 0.6) is 0 Å². The molecule has 1 aliphatic carbocycles. The van der Waals surface area contributed by atoms with Gasteiger partial charge in [-0.15, -0.1) is 0 Å². The maximum atomic E-state index is 12.1. The Labute approximate surface area is 147 Å². The van der Waals surface area contributed by atoms with Crippen LogP contribution in [0.4, 0.5) is 4.79 Å². The quantitative estimate of drug-likeness (QED) is 0.693. The first-order valence-corrected chi connectivity index (χ1v) is 8.50. The number of hydrogen-bond acceptors (Lipinski definition) is 5. The van der Waals surface area contributed by atoms with Gasteiger partial charge in [0.15, 0.2) is 0 Å². The lowest BCUT2D eigenvalue weighted by Gasteiger charge is -2.21. The second kappa shape index (κ2) is 9.17. The number of hydrogen-bond donors (Lipinski definition) is 2. The van der Waals surface area contributed by atoms with E-state index in [9.17, 15) is 14.4 Å². The van der Waals surface area contributed by atoms with Gasteiger partial charge in [-0.05, 0) is 32.3 Å². The van der Waals surface area contributed by atoms with Crippen molar-refractivity contribution in [1.29, 1.82) is 0 Å². The Hall–Kier alpha value is -2.41. The molecular formula is C18H25N3O4. The highest BCUT2D eigenvalue weighted by Crippen LogP contribution is 2.18. The van der Waals surface area contributed by atoms with E-state index < -0.39 is 17.9 Å². The number of ether oxygens (including phenoxy) is 1. The zero-order valence-electron chi connectivity index (χ0n) is 14.7. The molecule has 0 unspecified atom stereocenters. The fourth-order valence-electron chi connectivity index (χ4n) is 2.33. The van der Waals surface area contributed by atoms with E-state index in [1.807, 2.05) is 31.2 Å². The highest BCUT2D eigenvalue weighted by atomic mass is 16.5. The summed E-state index contributed by atoms with van der Waals surface area (Å²) in [6.07, 6.45) is 1.90. The van der Waals surface area contributed by atoms with Crippen molar-refractivity contribution in [3.8, 4) is 0 Å². The lowest BCUT2D eigenvalue weighted by atomic mass is 10.1. The van der Waals surface area contributed by atoms with Crippen LogP contribution in [0.15, 0.2) is 24.3 Å². The summed E-state index contributed by atoms with van der Waals surface area (Å²) in [5.41, 5.74) is 2.11. The number of nitrogens with zero attached hydrogens (tertiary/aromatic N) is 1. The van der Waals surface area contributed by atoms with Crippen molar-refractivity contribution in [1.82, 2.24) is 15.5 Å². The van der Waals surface area contributed by atoms with Gasteiger partial charge >= 0.3 is 12.0 Å². The average molecular weight is 347 g/mol. The maximum absolute atomic E-state index is 12.1. The Kier molecular flexibility index (Phi) is 6.94. The summed E-state index contributed by atoms with van der Waals surface area (Å²) in [5, 5.41) is 4.99. The third-order valence-electron chi connectivity index (χ3n) is 3.72. The first-order chi connectivity index (χ1) is 12.0. The van der Waals surface area contributed by atoms with Gasteiger partial charge in [-0.3, -0.25) is 19.8 Å². The summed E-state index contributed by atoms with van der Waals surface area (Å²) in [7, 11) is 0. The van der Waals surface area contributed by atoms with Crippen LogP contribution in [0.2, 0.25) is 0 Å². The minimum absolute atomic E-state index is 0.0145. The highest BCUT2D eigenvalue weighted by Gasteiger charge is 2.24. The van der Waals surface area contributed by atoms with Gasteiger partial charge in [0.05, 0.1) is 19.7 Å². The van der Waals surface area contributed by atoms with Gasteiger partial charge in [-0.1, -0.05) is 29.8 Å². The molecule has 7 nitrogen and oxygen atoms in total. The predicted molar refractivity (Wildman–Crippen MR) is 92.8 cm³/mol. The number of amides is 3. The van der Waals surface area contributed by atoms with Gasteiger partial charge < -0.3 is 10.1 Å². The fourth-order valence-corrected chi connectivity index (χ4v) is 2.33. The van der Waals surface area contributed by atoms with E-state index in [0.29, 0.717) is 6.54 Å². The topological polar surface area (TPSA) is 87.7 Å². The summed E-state index contributed by atoms with van der Waals surface area (Å²) in [6, 6.07) is 7.54. The first kappa shape index (κ1) is 18.9. The molecule has 136 valence electrons. The zero-order valence-corrected chi connectivity index (χ0v) is 14.7. The van der Waals surface area contributed by atoms with Crippen LogP contribution in [-0.4, -0.2) is 48.5 Å². The molecule has 1 aromatic rings. The normalized spacial score (nSPS) is 13.4. The molecule has 7 heteroatoms. The number of carbonyl (C=O) groups is 3. The van der Waals surface area contributed by atoms with E-state index in [1.54, 1.807) is 11.8 Å². The smallest absolute Gasteiger partial charge is 0.321 e. The molecule has 0 heterocycles. The molecule has 2 rings (SSSR count). The molecule has 3 amide bonds. The Bertz CT molecular complexity index is 611. The summed E-state index contributed by atoms with van der Waals surface area (Å²) in [4.78, 5) is 37.2. The van der Waals surface area contributed by atoms with Gasteiger partial charge in [-0.2, -0.15) is 0 Å². The van der Waals surface area contributed by atoms with Crippen LogP contribution >= 0.6 is 0 Å². The Balaban J connectivity index is 1.91. The molecule has 0 atom stereocenters. The summed E-state index contributed by atoms with van der Waals surface area (Å²) < 4.78 is 4.96. The van der Waals surface area contributed by atoms with Crippen molar-refractivity contribution in [3.63, 3.8) is 0 Å². The van der Waals surface area contributed by atoms with E-state index in [2.05, 4.69) is 10.6 Å². The van der Waals surface area contributed by atoms with Crippen molar-refractivity contribution >= 4 is 17.9 Å². The maximum Gasteiger partial charge on any atom is 0.321 e. The number of rotatable bonds is 8. The molecular weight excluding hydrogens is 322 g/mol. The van der Waals surface area contributed by atoms with Crippen LogP contribution in [0, 0.1) is 6.92 Å². The Morgan fingerprint density at radius 1 is 1.16 bits per heavy atom. The van der Waals surface area contributed by atoms with Crippen molar-refractivity contribution in [2.24, 2.45) is 0 Å². The van der Waals surface area contributed by atoms with Crippen LogP contribution < -0.4 is 10.6 Å². The lowest BCUT2D eigenvalue weighted by Crippen LogP contribution is -2.46. The Morgan fingerprint density at radius 3 is 2.44 bits per heavy atom. The van der Waals surface area contributed by atoms with E-state index in [1.165, 1.54) is 0 Å². The first-order valence-electron chi connectivity index (χ1n) is 8.50. The number of imide groups is 1.